The molecule has 208 valence electrons. The fourth-order valence-electron chi connectivity index (χ4n) is 5.03. The minimum Gasteiger partial charge on any atom is -0.379 e. The maximum Gasteiger partial charge on any atom is 0.260 e. The van der Waals surface area contributed by atoms with Crippen molar-refractivity contribution in [1.29, 1.82) is 0 Å². The number of aromatic nitrogens is 2. The molecule has 2 aliphatic rings. The number of imidazole rings is 1. The van der Waals surface area contributed by atoms with E-state index in [0.29, 0.717) is 35.4 Å². The summed E-state index contributed by atoms with van der Waals surface area (Å²) in [4.78, 5) is 22.1. The Morgan fingerprint density at radius 1 is 1.10 bits per heavy atom. The number of carbonyl (C=O) groups excluding carboxylic acids is 1. The number of anilines is 2. The lowest BCUT2D eigenvalue weighted by molar-refractivity contribution is -0.124. The van der Waals surface area contributed by atoms with Gasteiger partial charge in [-0.2, -0.15) is 0 Å². The first kappa shape index (κ1) is 28.5. The van der Waals surface area contributed by atoms with Gasteiger partial charge < -0.3 is 4.74 Å². The Bertz CT molecular complexity index is 1460. The molecule has 1 amide bonds. The number of hydrogen-bond acceptors (Lipinski definition) is 6. The van der Waals surface area contributed by atoms with E-state index in [1.165, 1.54) is 15.7 Å². The van der Waals surface area contributed by atoms with Crippen LogP contribution in [0.2, 0.25) is 10.0 Å². The van der Waals surface area contributed by atoms with Crippen LogP contribution in [0.15, 0.2) is 58.2 Å². The molecule has 2 aromatic carbocycles. The Hall–Kier alpha value is -1.99. The van der Waals surface area contributed by atoms with Crippen molar-refractivity contribution in [3.8, 4) is 0 Å². The summed E-state index contributed by atoms with van der Waals surface area (Å²) in [7, 11) is -3.99. The molecule has 3 aromatic rings. The summed E-state index contributed by atoms with van der Waals surface area (Å²) in [6.45, 7) is 5.79. The van der Waals surface area contributed by atoms with E-state index in [9.17, 15) is 13.2 Å². The molecule has 1 aromatic heterocycles. The molecule has 1 fully saturated rings. The fourth-order valence-corrected chi connectivity index (χ4v) is 7.08. The second kappa shape index (κ2) is 11.5. The normalized spacial score (nSPS) is 20.0. The van der Waals surface area contributed by atoms with Crippen LogP contribution in [0.5, 0.6) is 0 Å². The number of hydrogen-bond donors (Lipinski definition) is 1. The van der Waals surface area contributed by atoms with Crippen LogP contribution in [-0.2, 0) is 31.5 Å². The summed E-state index contributed by atoms with van der Waals surface area (Å²) in [6, 6.07) is 12.3. The third-order valence-electron chi connectivity index (χ3n) is 6.96. The summed E-state index contributed by atoms with van der Waals surface area (Å²) in [5, 5.41) is 0.617. The smallest absolute Gasteiger partial charge is 0.260 e. The summed E-state index contributed by atoms with van der Waals surface area (Å²) in [6.07, 6.45) is 2.18. The molecule has 1 saturated heterocycles. The molecule has 2 aliphatic heterocycles. The van der Waals surface area contributed by atoms with Gasteiger partial charge in [0, 0.05) is 40.6 Å². The van der Waals surface area contributed by atoms with Crippen LogP contribution in [0, 0.1) is 0 Å². The number of rotatable bonds is 9. The van der Waals surface area contributed by atoms with Crippen molar-refractivity contribution in [3.63, 3.8) is 0 Å². The molecule has 39 heavy (non-hydrogen) atoms. The molecule has 1 N–H and O–H groups in total. The van der Waals surface area contributed by atoms with Crippen LogP contribution in [0.3, 0.4) is 0 Å². The zero-order valence-corrected chi connectivity index (χ0v) is 25.2. The molecule has 3 heterocycles. The maximum atomic E-state index is 14.1. The average Bonchev–Trinajstić information content (AvgIpc) is 3.42. The first-order valence-corrected chi connectivity index (χ1v) is 15.5. The van der Waals surface area contributed by atoms with Crippen molar-refractivity contribution < 1.29 is 17.9 Å². The van der Waals surface area contributed by atoms with Gasteiger partial charge in [-0.25, -0.2) is 23.0 Å². The summed E-state index contributed by atoms with van der Waals surface area (Å²) >= 11 is 15.9. The summed E-state index contributed by atoms with van der Waals surface area (Å²) in [5.74, 6) is -0.151. The predicted octanol–water partition coefficient (Wildman–Crippen LogP) is 4.59. The minimum absolute atomic E-state index is 0.0764. The van der Waals surface area contributed by atoms with Gasteiger partial charge in [0.15, 0.2) is 5.03 Å². The lowest BCUT2D eigenvalue weighted by Gasteiger charge is -2.27. The Morgan fingerprint density at radius 3 is 2.44 bits per heavy atom. The number of ether oxygens (including phenoxy) is 1. The third-order valence-corrected chi connectivity index (χ3v) is 9.35. The average molecular weight is 657 g/mol. The van der Waals surface area contributed by atoms with Gasteiger partial charge in [-0.1, -0.05) is 51.3 Å². The van der Waals surface area contributed by atoms with Crippen LogP contribution in [-0.4, -0.2) is 68.2 Å². The highest BCUT2D eigenvalue weighted by molar-refractivity contribution is 9.10. The zero-order chi connectivity index (χ0) is 27.8. The lowest BCUT2D eigenvalue weighted by atomic mass is 9.92. The Labute approximate surface area is 246 Å². The highest BCUT2D eigenvalue weighted by Gasteiger charge is 2.51. The number of sulfonamides is 1. The van der Waals surface area contributed by atoms with E-state index in [1.807, 2.05) is 24.3 Å². The number of amides is 1. The maximum absolute atomic E-state index is 14.1. The second-order valence-electron chi connectivity index (χ2n) is 9.78. The summed E-state index contributed by atoms with van der Waals surface area (Å²) in [5.41, 5.74) is -0.0143. The molecule has 0 unspecified atom stereocenters. The van der Waals surface area contributed by atoms with Crippen molar-refractivity contribution in [2.45, 2.75) is 30.3 Å². The zero-order valence-electron chi connectivity index (χ0n) is 21.2. The Morgan fingerprint density at radius 2 is 1.77 bits per heavy atom. The van der Waals surface area contributed by atoms with E-state index in [2.05, 4.69) is 30.5 Å². The molecular weight excluding hydrogens is 629 g/mol. The molecule has 0 spiro atoms. The van der Waals surface area contributed by atoms with Crippen LogP contribution >= 0.6 is 39.1 Å². The fraction of sp³-hybridized carbons (Fsp3) is 0.385. The van der Waals surface area contributed by atoms with Crippen LogP contribution < -0.4 is 9.62 Å². The van der Waals surface area contributed by atoms with Crippen molar-refractivity contribution in [1.82, 2.24) is 19.2 Å². The van der Waals surface area contributed by atoms with Crippen LogP contribution in [0.4, 0.5) is 11.6 Å². The SMILES string of the molecule is C[C@@]1(Cc2ccc(Br)cc2)C(=O)N(c2cc(Cl)cc(Cl)c2)c2ncc(S(=O)(=O)NCCCN3CCOCC3)n21. The van der Waals surface area contributed by atoms with Gasteiger partial charge in [0.1, 0.15) is 5.54 Å². The first-order chi connectivity index (χ1) is 18.6. The molecule has 0 bridgehead atoms. The monoisotopic (exact) mass is 655 g/mol. The van der Waals surface area contributed by atoms with E-state index in [-0.39, 0.29) is 29.8 Å². The number of morpholine rings is 1. The number of benzene rings is 2. The Kier molecular flexibility index (Phi) is 8.40. The van der Waals surface area contributed by atoms with E-state index in [4.69, 9.17) is 27.9 Å². The highest BCUT2D eigenvalue weighted by atomic mass is 79.9. The molecule has 13 heteroatoms. The number of carbonyl (C=O) groups is 1. The first-order valence-electron chi connectivity index (χ1n) is 12.5. The topological polar surface area (TPSA) is 96.8 Å². The van der Waals surface area contributed by atoms with E-state index < -0.39 is 15.6 Å². The summed E-state index contributed by atoms with van der Waals surface area (Å²) < 4.78 is 37.6. The van der Waals surface area contributed by atoms with Crippen molar-refractivity contribution in [2.75, 3.05) is 44.3 Å². The van der Waals surface area contributed by atoms with Gasteiger partial charge in [0.2, 0.25) is 5.95 Å². The lowest BCUT2D eigenvalue weighted by Crippen LogP contribution is -2.43. The number of fused-ring (bicyclic) bond motifs is 1. The second-order valence-corrected chi connectivity index (χ2v) is 13.3. The molecule has 0 saturated carbocycles. The van der Waals surface area contributed by atoms with E-state index in [0.717, 1.165) is 29.7 Å². The molecular formula is C26H28BrCl2N5O4S. The van der Waals surface area contributed by atoms with Gasteiger partial charge in [-0.05, 0) is 55.8 Å². The molecule has 5 rings (SSSR count). The van der Waals surface area contributed by atoms with Crippen LogP contribution in [0.25, 0.3) is 0 Å². The molecule has 1 atom stereocenters. The van der Waals surface area contributed by atoms with Crippen LogP contribution in [0.1, 0.15) is 18.9 Å². The quantitative estimate of drug-likeness (QED) is 0.339. The molecule has 9 nitrogen and oxygen atoms in total. The van der Waals surface area contributed by atoms with Crippen molar-refractivity contribution >= 4 is 66.7 Å². The largest absolute Gasteiger partial charge is 0.379 e. The molecule has 0 radical (unpaired) electrons. The van der Waals surface area contributed by atoms with Gasteiger partial charge in [0.25, 0.3) is 15.9 Å². The van der Waals surface area contributed by atoms with Gasteiger partial charge in [-0.15, -0.1) is 0 Å². The van der Waals surface area contributed by atoms with Gasteiger partial charge >= 0.3 is 0 Å². The van der Waals surface area contributed by atoms with E-state index >= 15 is 0 Å². The Balaban J connectivity index is 1.48. The standard InChI is InChI=1S/C26H28BrCl2N5O4S/c1-26(16-18-3-5-19(27)6-4-18)24(35)33(22-14-20(28)13-21(29)15-22)25-30-17-23(34(25)26)39(36,37)31-7-2-8-32-9-11-38-12-10-32/h3-6,13-15,17,31H,2,7-12,16H2,1H3/t26-/m1/s1. The number of nitrogens with zero attached hydrogens (tertiary/aromatic N) is 4. The number of nitrogens with one attached hydrogen (secondary N) is 1. The third kappa shape index (κ3) is 5.90. The van der Waals surface area contributed by atoms with Gasteiger partial charge in [0.05, 0.1) is 25.1 Å². The molecule has 0 aliphatic carbocycles. The van der Waals surface area contributed by atoms with Gasteiger partial charge in [-0.3, -0.25) is 14.3 Å². The van der Waals surface area contributed by atoms with E-state index in [1.54, 1.807) is 25.1 Å². The van der Waals surface area contributed by atoms with Crippen molar-refractivity contribution in [3.05, 3.63) is 68.7 Å². The number of halogens is 3. The van der Waals surface area contributed by atoms with Crippen molar-refractivity contribution in [2.24, 2.45) is 0 Å². The highest BCUT2D eigenvalue weighted by Crippen LogP contribution is 2.44. The predicted molar refractivity (Wildman–Crippen MR) is 154 cm³/mol. The minimum atomic E-state index is -3.99.